The first-order valence-electron chi connectivity index (χ1n) is 38.6. The first kappa shape index (κ1) is 82.3. The number of rotatable bonds is 73. The number of hydrogen-bond acceptors (Lipinski definition) is 5. The molecule has 0 spiro atoms. The highest BCUT2D eigenvalue weighted by Crippen LogP contribution is 2.20. The highest BCUT2D eigenvalue weighted by molar-refractivity contribution is 5.76. The molecular weight excluding hydrogens is 1030 g/mol. The van der Waals surface area contributed by atoms with Gasteiger partial charge in [0.15, 0.2) is 0 Å². The predicted molar refractivity (Wildman–Crippen MR) is 370 cm³/mol. The molecule has 0 fully saturated rings. The average molecular weight is 1180 g/mol. The van der Waals surface area contributed by atoms with E-state index in [1.165, 1.54) is 353 Å². The maximum Gasteiger partial charge on any atom is 0.305 e. The Morgan fingerprint density at radius 2 is 0.595 bits per heavy atom. The standard InChI is InChI=1S/C78H151NO5/c1-3-5-7-9-11-13-15-17-19-20-21-22-23-27-30-33-36-39-43-46-50-54-58-62-66-70-76(81)75(74-80)79-77(82)71-67-63-59-55-51-47-44-40-37-34-31-28-25-24-26-29-32-35-38-41-45-49-53-57-61-65-69-73-84-78(83)72-68-64-60-56-52-48-42-18-16-14-12-10-8-6-4-2/h12,14,18,42,75-76,80-81H,3-11,13,15-17,19-41,43-74H2,1-2H3,(H,79,82)/b14-12-,42-18-. The molecule has 6 heteroatoms. The fourth-order valence-corrected chi connectivity index (χ4v) is 12.4. The Morgan fingerprint density at radius 3 is 0.929 bits per heavy atom. The van der Waals surface area contributed by atoms with Gasteiger partial charge in [-0.1, -0.05) is 391 Å². The average Bonchev–Trinajstić information content (AvgIpc) is 3.51. The van der Waals surface area contributed by atoms with Crippen molar-refractivity contribution in [2.24, 2.45) is 0 Å². The third kappa shape index (κ3) is 69.4. The van der Waals surface area contributed by atoms with Crippen molar-refractivity contribution < 1.29 is 24.5 Å². The zero-order chi connectivity index (χ0) is 60.6. The van der Waals surface area contributed by atoms with E-state index >= 15 is 0 Å². The minimum Gasteiger partial charge on any atom is -0.466 e. The molecule has 0 bridgehead atoms. The second-order valence-corrected chi connectivity index (χ2v) is 26.7. The molecule has 2 unspecified atom stereocenters. The van der Waals surface area contributed by atoms with Crippen LogP contribution in [-0.4, -0.2) is 47.4 Å². The smallest absolute Gasteiger partial charge is 0.305 e. The number of amides is 1. The third-order valence-corrected chi connectivity index (χ3v) is 18.3. The van der Waals surface area contributed by atoms with E-state index in [-0.39, 0.29) is 18.5 Å². The minimum atomic E-state index is -0.664. The molecule has 0 rings (SSSR count). The molecule has 0 aliphatic carbocycles. The Balaban J connectivity index is 3.35. The van der Waals surface area contributed by atoms with Crippen molar-refractivity contribution in [3.8, 4) is 0 Å². The Kier molecular flexibility index (Phi) is 72.3. The minimum absolute atomic E-state index is 0.00511. The second-order valence-electron chi connectivity index (χ2n) is 26.7. The van der Waals surface area contributed by atoms with E-state index in [9.17, 15) is 19.8 Å². The molecule has 498 valence electrons. The molecule has 0 aromatic carbocycles. The summed E-state index contributed by atoms with van der Waals surface area (Å²) in [7, 11) is 0. The van der Waals surface area contributed by atoms with Crippen molar-refractivity contribution >= 4 is 11.9 Å². The number of carbonyl (C=O) groups is 2. The molecular formula is C78H151NO5. The fourth-order valence-electron chi connectivity index (χ4n) is 12.4. The van der Waals surface area contributed by atoms with Crippen LogP contribution < -0.4 is 5.32 Å². The van der Waals surface area contributed by atoms with E-state index in [4.69, 9.17) is 4.74 Å². The molecule has 0 aliphatic heterocycles. The number of allylic oxidation sites excluding steroid dienone is 4. The molecule has 0 saturated carbocycles. The zero-order valence-corrected chi connectivity index (χ0v) is 57.2. The summed E-state index contributed by atoms with van der Waals surface area (Å²) in [6, 6.07) is -0.541. The van der Waals surface area contributed by atoms with Crippen molar-refractivity contribution in [3.05, 3.63) is 24.3 Å². The van der Waals surface area contributed by atoms with Gasteiger partial charge in [0.05, 0.1) is 25.4 Å². The lowest BCUT2D eigenvalue weighted by molar-refractivity contribution is -0.143. The van der Waals surface area contributed by atoms with E-state index in [1.807, 2.05) is 0 Å². The maximum atomic E-state index is 12.6. The molecule has 3 N–H and O–H groups in total. The van der Waals surface area contributed by atoms with E-state index in [0.717, 1.165) is 51.4 Å². The lowest BCUT2D eigenvalue weighted by Crippen LogP contribution is -2.45. The van der Waals surface area contributed by atoms with Crippen molar-refractivity contribution in [3.63, 3.8) is 0 Å². The number of unbranched alkanes of at least 4 members (excludes halogenated alkanes) is 58. The van der Waals surface area contributed by atoms with Crippen LogP contribution in [0.25, 0.3) is 0 Å². The molecule has 0 heterocycles. The summed E-state index contributed by atoms with van der Waals surface area (Å²) in [6.45, 7) is 4.97. The Morgan fingerprint density at radius 1 is 0.333 bits per heavy atom. The summed E-state index contributed by atoms with van der Waals surface area (Å²) in [5, 5.41) is 23.5. The van der Waals surface area contributed by atoms with Crippen molar-refractivity contribution in [2.45, 2.75) is 450 Å². The molecule has 0 aromatic heterocycles. The van der Waals surface area contributed by atoms with Crippen LogP contribution in [0, 0.1) is 0 Å². The lowest BCUT2D eigenvalue weighted by atomic mass is 10.0. The number of carbonyl (C=O) groups excluding carboxylic acids is 2. The Bertz CT molecular complexity index is 1320. The van der Waals surface area contributed by atoms with Crippen LogP contribution in [-0.2, 0) is 14.3 Å². The van der Waals surface area contributed by atoms with E-state index in [1.54, 1.807) is 0 Å². The molecule has 0 aromatic rings. The number of ether oxygens (including phenoxy) is 1. The molecule has 0 radical (unpaired) electrons. The van der Waals surface area contributed by atoms with Gasteiger partial charge in [-0.3, -0.25) is 9.59 Å². The van der Waals surface area contributed by atoms with Crippen LogP contribution in [0.15, 0.2) is 24.3 Å². The number of esters is 1. The van der Waals surface area contributed by atoms with Crippen LogP contribution in [0.3, 0.4) is 0 Å². The van der Waals surface area contributed by atoms with Gasteiger partial charge in [0.2, 0.25) is 5.91 Å². The van der Waals surface area contributed by atoms with Crippen LogP contribution in [0.4, 0.5) is 0 Å². The van der Waals surface area contributed by atoms with E-state index < -0.39 is 12.1 Å². The SMILES string of the molecule is CCCCC/C=C\C/C=C\CCCCCCCC(=O)OCCCCCCCCCCCCCCCCCCCCCCCCCCCCCC(=O)NC(CO)C(O)CCCCCCCCCCCCCCCCCCCCCCCCCCC. The van der Waals surface area contributed by atoms with Crippen LogP contribution in [0.2, 0.25) is 0 Å². The molecule has 0 aliphatic rings. The molecule has 6 nitrogen and oxygen atoms in total. The van der Waals surface area contributed by atoms with Gasteiger partial charge in [-0.2, -0.15) is 0 Å². The molecule has 1 amide bonds. The molecule has 84 heavy (non-hydrogen) atoms. The lowest BCUT2D eigenvalue weighted by Gasteiger charge is -2.22. The number of aliphatic hydroxyl groups is 2. The Labute approximate surface area is 526 Å². The summed E-state index contributed by atoms with van der Waals surface area (Å²) in [4.78, 5) is 24.7. The largest absolute Gasteiger partial charge is 0.466 e. The highest BCUT2D eigenvalue weighted by atomic mass is 16.5. The van der Waals surface area contributed by atoms with Gasteiger partial charge in [-0.05, 0) is 57.8 Å². The van der Waals surface area contributed by atoms with Crippen LogP contribution in [0.1, 0.15) is 438 Å². The van der Waals surface area contributed by atoms with Crippen molar-refractivity contribution in [1.82, 2.24) is 5.32 Å². The van der Waals surface area contributed by atoms with Gasteiger partial charge in [0.1, 0.15) is 0 Å². The van der Waals surface area contributed by atoms with Crippen LogP contribution in [0.5, 0.6) is 0 Å². The van der Waals surface area contributed by atoms with E-state index in [2.05, 4.69) is 43.5 Å². The fraction of sp³-hybridized carbons (Fsp3) is 0.923. The van der Waals surface area contributed by atoms with E-state index in [0.29, 0.717) is 25.9 Å². The monoisotopic (exact) mass is 1180 g/mol. The summed E-state index contributed by atoms with van der Waals surface area (Å²) < 4.78 is 5.49. The quantitative estimate of drug-likeness (QED) is 0.0320. The topological polar surface area (TPSA) is 95.9 Å². The van der Waals surface area contributed by atoms with Gasteiger partial charge in [0.25, 0.3) is 0 Å². The molecule has 0 saturated heterocycles. The Hall–Kier alpha value is -1.66. The van der Waals surface area contributed by atoms with Crippen LogP contribution >= 0.6 is 0 Å². The van der Waals surface area contributed by atoms with Crippen molar-refractivity contribution in [2.75, 3.05) is 13.2 Å². The first-order chi connectivity index (χ1) is 41.5. The summed E-state index contributed by atoms with van der Waals surface area (Å²) in [6.07, 6.45) is 94.0. The first-order valence-corrected chi connectivity index (χ1v) is 38.6. The van der Waals surface area contributed by atoms with Gasteiger partial charge in [0, 0.05) is 12.8 Å². The van der Waals surface area contributed by atoms with Crippen molar-refractivity contribution in [1.29, 1.82) is 0 Å². The van der Waals surface area contributed by atoms with Gasteiger partial charge < -0.3 is 20.3 Å². The number of hydrogen-bond donors (Lipinski definition) is 3. The number of aliphatic hydroxyl groups excluding tert-OH is 2. The summed E-state index contributed by atoms with van der Waals surface area (Å²) >= 11 is 0. The maximum absolute atomic E-state index is 12.6. The summed E-state index contributed by atoms with van der Waals surface area (Å²) in [5.74, 6) is -0.0216. The molecule has 2 atom stereocenters. The van der Waals surface area contributed by atoms with Gasteiger partial charge in [-0.25, -0.2) is 0 Å². The predicted octanol–water partition coefficient (Wildman–Crippen LogP) is 25.3. The number of nitrogens with one attached hydrogen (secondary N) is 1. The zero-order valence-electron chi connectivity index (χ0n) is 57.2. The third-order valence-electron chi connectivity index (χ3n) is 18.3. The normalized spacial score (nSPS) is 12.6. The summed E-state index contributed by atoms with van der Waals surface area (Å²) in [5.41, 5.74) is 0. The van der Waals surface area contributed by atoms with Gasteiger partial charge in [-0.15, -0.1) is 0 Å². The second kappa shape index (κ2) is 73.8. The van der Waals surface area contributed by atoms with Gasteiger partial charge >= 0.3 is 5.97 Å². The highest BCUT2D eigenvalue weighted by Gasteiger charge is 2.20.